The normalized spacial score (nSPS) is 16.6. The number of para-hydroxylation sites is 1. The smallest absolute Gasteiger partial charge is 0.211 e. The third kappa shape index (κ3) is 5.60. The fraction of sp³-hybridized carbons (Fsp3) is 0.524. The molecule has 0 aliphatic carbocycles. The summed E-state index contributed by atoms with van der Waals surface area (Å²) in [5.41, 5.74) is 4.28. The van der Waals surface area contributed by atoms with Gasteiger partial charge in [-0.25, -0.2) is 17.4 Å². The van der Waals surface area contributed by atoms with Crippen molar-refractivity contribution in [3.63, 3.8) is 0 Å². The van der Waals surface area contributed by atoms with E-state index in [1.165, 1.54) is 6.26 Å². The molecule has 0 amide bonds. The Bertz CT molecular complexity index is 991. The predicted molar refractivity (Wildman–Crippen MR) is 120 cm³/mol. The van der Waals surface area contributed by atoms with Gasteiger partial charge in [0.1, 0.15) is 0 Å². The van der Waals surface area contributed by atoms with Gasteiger partial charge in [-0.3, -0.25) is 4.99 Å². The molecule has 0 spiro atoms. The Labute approximate surface area is 179 Å². The molecule has 2 aromatic rings. The number of aliphatic imine (C=N–C) groups is 1. The van der Waals surface area contributed by atoms with E-state index < -0.39 is 10.0 Å². The number of hydrogen-bond acceptors (Lipinski definition) is 4. The lowest BCUT2D eigenvalue weighted by Crippen LogP contribution is -2.43. The van der Waals surface area contributed by atoms with Gasteiger partial charge in [0.05, 0.1) is 17.6 Å². The molecule has 164 valence electrons. The van der Waals surface area contributed by atoms with Crippen molar-refractivity contribution in [3.05, 3.63) is 47.3 Å². The van der Waals surface area contributed by atoms with Gasteiger partial charge in [0.25, 0.3) is 0 Å². The van der Waals surface area contributed by atoms with Crippen LogP contribution in [0.2, 0.25) is 0 Å². The first kappa shape index (κ1) is 22.3. The second-order valence-corrected chi connectivity index (χ2v) is 9.86. The highest BCUT2D eigenvalue weighted by Gasteiger charge is 2.24. The molecule has 8 nitrogen and oxygen atoms in total. The van der Waals surface area contributed by atoms with Gasteiger partial charge >= 0.3 is 0 Å². The molecular formula is C21H32N6O2S. The van der Waals surface area contributed by atoms with Gasteiger partial charge in [0.15, 0.2) is 5.96 Å². The third-order valence-electron chi connectivity index (χ3n) is 5.50. The fourth-order valence-corrected chi connectivity index (χ4v) is 4.70. The van der Waals surface area contributed by atoms with E-state index in [0.717, 1.165) is 48.0 Å². The number of rotatable bonds is 6. The minimum absolute atomic E-state index is 0.434. The molecule has 0 atom stereocenters. The number of aryl methyl sites for hydroxylation is 2. The molecule has 0 unspecified atom stereocenters. The summed E-state index contributed by atoms with van der Waals surface area (Å²) in [6, 6.07) is 10.3. The summed E-state index contributed by atoms with van der Waals surface area (Å²) in [5.74, 6) is 1.17. The maximum atomic E-state index is 11.7. The molecule has 1 aliphatic heterocycles. The maximum Gasteiger partial charge on any atom is 0.211 e. The van der Waals surface area contributed by atoms with Crippen LogP contribution in [0.15, 0.2) is 35.3 Å². The largest absolute Gasteiger partial charge is 0.356 e. The van der Waals surface area contributed by atoms with Crippen molar-refractivity contribution in [3.8, 4) is 5.69 Å². The van der Waals surface area contributed by atoms with E-state index in [-0.39, 0.29) is 0 Å². The maximum absolute atomic E-state index is 11.7. The number of benzene rings is 1. The first-order valence-corrected chi connectivity index (χ1v) is 12.1. The average molecular weight is 433 g/mol. The average Bonchev–Trinajstić information content (AvgIpc) is 3.06. The van der Waals surface area contributed by atoms with Crippen LogP contribution in [0.3, 0.4) is 0 Å². The zero-order valence-corrected chi connectivity index (χ0v) is 19.0. The van der Waals surface area contributed by atoms with E-state index in [1.54, 1.807) is 11.4 Å². The summed E-state index contributed by atoms with van der Waals surface area (Å²) >= 11 is 0. The molecule has 1 fully saturated rings. The van der Waals surface area contributed by atoms with Crippen LogP contribution in [0, 0.1) is 19.8 Å². The molecule has 9 heteroatoms. The van der Waals surface area contributed by atoms with E-state index in [2.05, 4.69) is 45.8 Å². The topological polar surface area (TPSA) is 91.6 Å². The Kier molecular flexibility index (Phi) is 7.14. The van der Waals surface area contributed by atoms with Crippen molar-refractivity contribution in [2.24, 2.45) is 10.9 Å². The molecule has 0 bridgehead atoms. The number of piperidine rings is 1. The van der Waals surface area contributed by atoms with Crippen LogP contribution in [-0.2, 0) is 16.6 Å². The summed E-state index contributed by atoms with van der Waals surface area (Å²) in [7, 11) is -1.32. The zero-order chi connectivity index (χ0) is 21.7. The molecule has 0 saturated carbocycles. The van der Waals surface area contributed by atoms with Crippen LogP contribution >= 0.6 is 0 Å². The van der Waals surface area contributed by atoms with Crippen molar-refractivity contribution in [2.75, 3.05) is 32.9 Å². The van der Waals surface area contributed by atoms with E-state index in [1.807, 2.05) is 23.7 Å². The van der Waals surface area contributed by atoms with Gasteiger partial charge in [-0.15, -0.1) is 0 Å². The lowest BCUT2D eigenvalue weighted by atomic mass is 9.98. The second-order valence-electron chi connectivity index (χ2n) is 7.88. The van der Waals surface area contributed by atoms with Crippen LogP contribution in [-0.4, -0.2) is 61.4 Å². The van der Waals surface area contributed by atoms with E-state index in [4.69, 9.17) is 0 Å². The molecule has 1 aromatic heterocycles. The van der Waals surface area contributed by atoms with Crippen molar-refractivity contribution in [1.29, 1.82) is 0 Å². The lowest BCUT2D eigenvalue weighted by molar-refractivity contribution is 0.275. The SMILES string of the molecule is CN=C(NCc1ccccc1-n1nc(C)cc1C)NCC1CCN(S(C)(=O)=O)CC1. The molecule has 1 aliphatic rings. The zero-order valence-electron chi connectivity index (χ0n) is 18.2. The third-order valence-corrected chi connectivity index (χ3v) is 6.80. The van der Waals surface area contributed by atoms with Gasteiger partial charge in [0.2, 0.25) is 10.0 Å². The minimum Gasteiger partial charge on any atom is -0.356 e. The quantitative estimate of drug-likeness (QED) is 0.537. The molecule has 3 rings (SSSR count). The highest BCUT2D eigenvalue weighted by atomic mass is 32.2. The number of guanidine groups is 1. The Morgan fingerprint density at radius 2 is 1.90 bits per heavy atom. The summed E-state index contributed by atoms with van der Waals surface area (Å²) in [6.45, 7) is 6.63. The first-order chi connectivity index (χ1) is 14.3. The van der Waals surface area contributed by atoms with Crippen LogP contribution in [0.25, 0.3) is 5.69 Å². The Morgan fingerprint density at radius 3 is 2.50 bits per heavy atom. The van der Waals surface area contributed by atoms with E-state index in [0.29, 0.717) is 25.6 Å². The first-order valence-electron chi connectivity index (χ1n) is 10.3. The number of hydrogen-bond donors (Lipinski definition) is 2. The molecular weight excluding hydrogens is 400 g/mol. The highest BCUT2D eigenvalue weighted by Crippen LogP contribution is 2.19. The van der Waals surface area contributed by atoms with Gasteiger partial charge < -0.3 is 10.6 Å². The number of aromatic nitrogens is 2. The van der Waals surface area contributed by atoms with Crippen LogP contribution in [0.4, 0.5) is 0 Å². The Balaban J connectivity index is 1.55. The van der Waals surface area contributed by atoms with Gasteiger partial charge in [-0.2, -0.15) is 5.10 Å². The van der Waals surface area contributed by atoms with Crippen molar-refractivity contribution >= 4 is 16.0 Å². The summed E-state index contributed by atoms with van der Waals surface area (Å²) in [4.78, 5) is 4.33. The molecule has 1 saturated heterocycles. The lowest BCUT2D eigenvalue weighted by Gasteiger charge is -2.30. The Hall–Kier alpha value is -2.39. The van der Waals surface area contributed by atoms with Gasteiger partial charge in [-0.05, 0) is 50.3 Å². The number of sulfonamides is 1. The Morgan fingerprint density at radius 1 is 1.20 bits per heavy atom. The summed E-state index contributed by atoms with van der Waals surface area (Å²) in [5, 5.41) is 11.4. The van der Waals surface area contributed by atoms with Crippen molar-refractivity contribution in [2.45, 2.75) is 33.2 Å². The highest BCUT2D eigenvalue weighted by molar-refractivity contribution is 7.88. The van der Waals surface area contributed by atoms with E-state index in [9.17, 15) is 8.42 Å². The number of nitrogens with one attached hydrogen (secondary N) is 2. The standard InChI is InChI=1S/C21H32N6O2S/c1-16-13-17(2)27(25-16)20-8-6-5-7-19(20)15-24-21(22-3)23-14-18-9-11-26(12-10-18)30(4,28)29/h5-8,13,18H,9-12,14-15H2,1-4H3,(H2,22,23,24). The summed E-state index contributed by atoms with van der Waals surface area (Å²) < 4.78 is 26.8. The monoisotopic (exact) mass is 432 g/mol. The van der Waals surface area contributed by atoms with Crippen LogP contribution < -0.4 is 10.6 Å². The van der Waals surface area contributed by atoms with Gasteiger partial charge in [-0.1, -0.05) is 18.2 Å². The fourth-order valence-electron chi connectivity index (χ4n) is 3.83. The van der Waals surface area contributed by atoms with Crippen LogP contribution in [0.1, 0.15) is 29.8 Å². The predicted octanol–water partition coefficient (Wildman–Crippen LogP) is 1.83. The van der Waals surface area contributed by atoms with Crippen molar-refractivity contribution in [1.82, 2.24) is 24.7 Å². The van der Waals surface area contributed by atoms with Gasteiger partial charge in [0, 0.05) is 38.9 Å². The molecule has 1 aromatic carbocycles. The van der Waals surface area contributed by atoms with E-state index >= 15 is 0 Å². The van der Waals surface area contributed by atoms with Crippen molar-refractivity contribution < 1.29 is 8.42 Å². The molecule has 0 radical (unpaired) electrons. The number of nitrogens with zero attached hydrogens (tertiary/aromatic N) is 4. The second kappa shape index (κ2) is 9.61. The molecule has 30 heavy (non-hydrogen) atoms. The van der Waals surface area contributed by atoms with Crippen LogP contribution in [0.5, 0.6) is 0 Å². The molecule has 2 heterocycles. The minimum atomic E-state index is -3.08. The summed E-state index contributed by atoms with van der Waals surface area (Å²) in [6.07, 6.45) is 3.00. The molecule has 2 N–H and O–H groups in total.